The number of carbonyl (C=O) groups is 1. The second kappa shape index (κ2) is 5.54. The van der Waals surface area contributed by atoms with Crippen LogP contribution in [-0.2, 0) is 0 Å². The highest BCUT2D eigenvalue weighted by Crippen LogP contribution is 2.30. The summed E-state index contributed by atoms with van der Waals surface area (Å²) in [6.07, 6.45) is 1.14. The minimum Gasteiger partial charge on any atom is -0.478 e. The van der Waals surface area contributed by atoms with Crippen LogP contribution in [0.15, 0.2) is 34.9 Å². The molecule has 1 heterocycles. The molecule has 0 aliphatic carbocycles. The van der Waals surface area contributed by atoms with Gasteiger partial charge in [0.1, 0.15) is 11.6 Å². The van der Waals surface area contributed by atoms with E-state index >= 15 is 0 Å². The van der Waals surface area contributed by atoms with Gasteiger partial charge in [0.2, 0.25) is 0 Å². The second-order valence-corrected chi connectivity index (χ2v) is 4.84. The molecular weight excluding hydrogens is 338 g/mol. The van der Waals surface area contributed by atoms with Crippen LogP contribution in [0, 0.1) is 5.82 Å². The minimum atomic E-state index is -1.13. The van der Waals surface area contributed by atoms with Crippen molar-refractivity contribution in [3.63, 3.8) is 0 Å². The van der Waals surface area contributed by atoms with Crippen LogP contribution < -0.4 is 5.32 Å². The van der Waals surface area contributed by atoms with Crippen LogP contribution in [0.4, 0.5) is 15.9 Å². The van der Waals surface area contributed by atoms with Gasteiger partial charge in [0, 0.05) is 10.7 Å². The summed E-state index contributed by atoms with van der Waals surface area (Å²) in [7, 11) is 0. The Morgan fingerprint density at radius 3 is 2.79 bits per heavy atom. The van der Waals surface area contributed by atoms with E-state index in [1.54, 1.807) is 12.1 Å². The molecule has 98 valence electrons. The SMILES string of the molecule is O=C(O)c1cnc(Nc2c(F)cccc2Br)c(Cl)c1. The number of nitrogens with zero attached hydrogens (tertiary/aromatic N) is 1. The highest BCUT2D eigenvalue weighted by atomic mass is 79.9. The number of nitrogens with one attached hydrogen (secondary N) is 1. The van der Waals surface area contributed by atoms with E-state index in [1.807, 2.05) is 0 Å². The fraction of sp³-hybridized carbons (Fsp3) is 0. The molecule has 0 radical (unpaired) electrons. The van der Waals surface area contributed by atoms with E-state index in [2.05, 4.69) is 26.2 Å². The Morgan fingerprint density at radius 2 is 2.21 bits per heavy atom. The number of benzene rings is 1. The molecule has 1 aromatic heterocycles. The molecule has 0 aliphatic rings. The normalized spacial score (nSPS) is 10.3. The standard InChI is InChI=1S/C12H7BrClFN2O2/c13-7-2-1-3-9(15)10(7)17-11-8(14)4-6(5-16-11)12(18)19/h1-5H,(H,16,17)(H,18,19). The molecule has 2 aromatic rings. The van der Waals surface area contributed by atoms with Crippen molar-refractivity contribution in [3.8, 4) is 0 Å². The van der Waals surface area contributed by atoms with Crippen LogP contribution in [-0.4, -0.2) is 16.1 Å². The summed E-state index contributed by atoms with van der Waals surface area (Å²) in [4.78, 5) is 14.6. The Bertz CT molecular complexity index is 631. The summed E-state index contributed by atoms with van der Waals surface area (Å²) in [6, 6.07) is 5.73. The number of aromatic nitrogens is 1. The van der Waals surface area contributed by atoms with Gasteiger partial charge in [0.05, 0.1) is 16.3 Å². The molecule has 7 heteroatoms. The molecule has 0 aliphatic heterocycles. The molecule has 0 unspecified atom stereocenters. The molecule has 19 heavy (non-hydrogen) atoms. The number of hydrogen-bond acceptors (Lipinski definition) is 3. The van der Waals surface area contributed by atoms with Crippen LogP contribution in [0.1, 0.15) is 10.4 Å². The van der Waals surface area contributed by atoms with Crippen LogP contribution in [0.2, 0.25) is 5.02 Å². The third kappa shape index (κ3) is 3.02. The lowest BCUT2D eigenvalue weighted by Gasteiger charge is -2.10. The Kier molecular flexibility index (Phi) is 4.01. The van der Waals surface area contributed by atoms with Crippen LogP contribution in [0.25, 0.3) is 0 Å². The Labute approximate surface area is 121 Å². The van der Waals surface area contributed by atoms with Gasteiger partial charge in [-0.05, 0) is 34.1 Å². The van der Waals surface area contributed by atoms with Crippen molar-refractivity contribution >= 4 is 45.0 Å². The fourth-order valence-electron chi connectivity index (χ4n) is 1.38. The van der Waals surface area contributed by atoms with Gasteiger partial charge in [-0.1, -0.05) is 17.7 Å². The first-order chi connectivity index (χ1) is 8.99. The van der Waals surface area contributed by atoms with E-state index < -0.39 is 11.8 Å². The summed E-state index contributed by atoms with van der Waals surface area (Å²) >= 11 is 9.10. The lowest BCUT2D eigenvalue weighted by molar-refractivity contribution is 0.0696. The molecule has 0 fully saturated rings. The van der Waals surface area contributed by atoms with E-state index in [1.165, 1.54) is 12.1 Å². The molecular formula is C12H7BrClFN2O2. The number of pyridine rings is 1. The number of halogens is 3. The number of aromatic carboxylic acids is 1. The summed E-state index contributed by atoms with van der Waals surface area (Å²) in [5, 5.41) is 11.6. The topological polar surface area (TPSA) is 62.2 Å². The van der Waals surface area contributed by atoms with Crippen molar-refractivity contribution < 1.29 is 14.3 Å². The molecule has 2 N–H and O–H groups in total. The highest BCUT2D eigenvalue weighted by Gasteiger charge is 2.12. The summed E-state index contributed by atoms with van der Waals surface area (Å²) in [5.74, 6) is -1.43. The number of anilines is 2. The van der Waals surface area contributed by atoms with Gasteiger partial charge >= 0.3 is 5.97 Å². The molecule has 0 atom stereocenters. The summed E-state index contributed by atoms with van der Waals surface area (Å²) in [5.41, 5.74) is 0.142. The van der Waals surface area contributed by atoms with Crippen molar-refractivity contribution in [2.45, 2.75) is 0 Å². The van der Waals surface area contributed by atoms with E-state index in [9.17, 15) is 9.18 Å². The maximum absolute atomic E-state index is 13.6. The Balaban J connectivity index is 2.36. The second-order valence-electron chi connectivity index (χ2n) is 3.58. The van der Waals surface area contributed by atoms with Crippen molar-refractivity contribution in [3.05, 3.63) is 51.3 Å². The van der Waals surface area contributed by atoms with Gasteiger partial charge in [0.25, 0.3) is 0 Å². The monoisotopic (exact) mass is 344 g/mol. The highest BCUT2D eigenvalue weighted by molar-refractivity contribution is 9.10. The first-order valence-electron chi connectivity index (χ1n) is 5.09. The van der Waals surface area contributed by atoms with E-state index in [0.717, 1.165) is 6.20 Å². The first kappa shape index (κ1) is 13.8. The molecule has 0 bridgehead atoms. The number of para-hydroxylation sites is 1. The van der Waals surface area contributed by atoms with Gasteiger partial charge in [-0.25, -0.2) is 14.2 Å². The van der Waals surface area contributed by atoms with Gasteiger partial charge in [-0.2, -0.15) is 0 Å². The number of carboxylic acid groups (broad SMARTS) is 1. The minimum absolute atomic E-state index is 0.0388. The zero-order chi connectivity index (χ0) is 14.0. The van der Waals surface area contributed by atoms with Gasteiger partial charge in [-0.15, -0.1) is 0 Å². The van der Waals surface area contributed by atoms with Gasteiger partial charge in [-0.3, -0.25) is 0 Å². The molecule has 0 spiro atoms. The van der Waals surface area contributed by atoms with E-state index in [-0.39, 0.29) is 22.1 Å². The number of hydrogen-bond donors (Lipinski definition) is 2. The molecule has 0 saturated heterocycles. The largest absolute Gasteiger partial charge is 0.478 e. The van der Waals surface area contributed by atoms with E-state index in [4.69, 9.17) is 16.7 Å². The number of rotatable bonds is 3. The zero-order valence-electron chi connectivity index (χ0n) is 9.32. The summed E-state index contributed by atoms with van der Waals surface area (Å²) in [6.45, 7) is 0. The Hall–Kier alpha value is -1.66. The van der Waals surface area contributed by atoms with E-state index in [0.29, 0.717) is 4.47 Å². The van der Waals surface area contributed by atoms with Crippen LogP contribution >= 0.6 is 27.5 Å². The third-order valence-corrected chi connectivity index (χ3v) is 3.24. The average Bonchev–Trinajstić information content (AvgIpc) is 2.35. The molecule has 2 rings (SSSR count). The zero-order valence-corrected chi connectivity index (χ0v) is 11.7. The quantitative estimate of drug-likeness (QED) is 0.880. The van der Waals surface area contributed by atoms with Crippen molar-refractivity contribution in [1.82, 2.24) is 4.98 Å². The van der Waals surface area contributed by atoms with Crippen LogP contribution in [0.3, 0.4) is 0 Å². The predicted molar refractivity (Wildman–Crippen MR) is 73.6 cm³/mol. The molecule has 0 amide bonds. The first-order valence-corrected chi connectivity index (χ1v) is 6.26. The predicted octanol–water partition coefficient (Wildman–Crippen LogP) is 4.08. The maximum Gasteiger partial charge on any atom is 0.337 e. The fourth-order valence-corrected chi connectivity index (χ4v) is 2.04. The smallest absolute Gasteiger partial charge is 0.337 e. The Morgan fingerprint density at radius 1 is 1.47 bits per heavy atom. The molecule has 1 aromatic carbocycles. The van der Waals surface area contributed by atoms with Crippen molar-refractivity contribution in [1.29, 1.82) is 0 Å². The number of carboxylic acids is 1. The molecule has 4 nitrogen and oxygen atoms in total. The lowest BCUT2D eigenvalue weighted by Crippen LogP contribution is -2.02. The van der Waals surface area contributed by atoms with Crippen molar-refractivity contribution in [2.24, 2.45) is 0 Å². The van der Waals surface area contributed by atoms with Crippen molar-refractivity contribution in [2.75, 3.05) is 5.32 Å². The van der Waals surface area contributed by atoms with Gasteiger partial charge in [0.15, 0.2) is 0 Å². The molecule has 0 saturated carbocycles. The summed E-state index contributed by atoms with van der Waals surface area (Å²) < 4.78 is 14.1. The maximum atomic E-state index is 13.6. The average molecular weight is 346 g/mol. The van der Waals surface area contributed by atoms with Gasteiger partial charge < -0.3 is 10.4 Å². The lowest BCUT2D eigenvalue weighted by atomic mass is 10.2. The van der Waals surface area contributed by atoms with Crippen LogP contribution in [0.5, 0.6) is 0 Å². The third-order valence-electron chi connectivity index (χ3n) is 2.29.